The first kappa shape index (κ1) is 23.8. The molecular weight excluding hydrogens is 447 g/mol. The lowest BCUT2D eigenvalue weighted by molar-refractivity contribution is -0.0122. The third kappa shape index (κ3) is 5.87. The lowest BCUT2D eigenvalue weighted by atomic mass is 9.94. The Kier molecular flexibility index (Phi) is 7.44. The molecule has 0 spiro atoms. The normalized spacial score (nSPS) is 21.3. The summed E-state index contributed by atoms with van der Waals surface area (Å²) in [6.07, 6.45) is -0.0527. The molecule has 0 aliphatic carbocycles. The molecule has 0 aromatic heterocycles. The van der Waals surface area contributed by atoms with E-state index in [-0.39, 0.29) is 46.1 Å². The molecule has 0 bridgehead atoms. The number of carbonyl (C=O) groups is 2. The van der Waals surface area contributed by atoms with Crippen molar-refractivity contribution >= 4 is 35.2 Å². The molecule has 3 rings (SSSR count). The van der Waals surface area contributed by atoms with Crippen LogP contribution < -0.4 is 14.8 Å². The summed E-state index contributed by atoms with van der Waals surface area (Å²) >= 11 is 12.4. The van der Waals surface area contributed by atoms with E-state index in [4.69, 9.17) is 37.4 Å². The monoisotopic (exact) mass is 474 g/mol. The number of nitrogens with zero attached hydrogens (tertiary/aromatic N) is 1. The lowest BCUT2D eigenvalue weighted by Crippen LogP contribution is -2.50. The van der Waals surface area contributed by atoms with Crippen LogP contribution in [-0.4, -0.2) is 66.6 Å². The number of aliphatic hydroxyl groups is 1. The van der Waals surface area contributed by atoms with Crippen LogP contribution in [0.4, 0.5) is 4.79 Å². The Morgan fingerprint density at radius 3 is 2.58 bits per heavy atom. The van der Waals surface area contributed by atoms with Gasteiger partial charge in [-0.1, -0.05) is 23.2 Å². The second kappa shape index (κ2) is 9.71. The summed E-state index contributed by atoms with van der Waals surface area (Å²) in [4.78, 5) is 26.6. The molecule has 10 heteroatoms. The van der Waals surface area contributed by atoms with E-state index in [9.17, 15) is 14.7 Å². The number of benzene rings is 1. The van der Waals surface area contributed by atoms with Gasteiger partial charge in [0.15, 0.2) is 11.5 Å². The SMILES string of the molecule is CC(C)(C)OC(=O)N1CC[C@@H](CNC(=O)c2cc(Cl)c(Cl)c3c2OCCCO3)C(O)C1. The number of likely N-dealkylation sites (tertiary alicyclic amines) is 1. The number of aliphatic hydroxyl groups excluding tert-OH is 1. The lowest BCUT2D eigenvalue weighted by Gasteiger charge is -2.36. The van der Waals surface area contributed by atoms with Crippen molar-refractivity contribution < 1.29 is 28.9 Å². The number of nitrogens with one attached hydrogen (secondary N) is 1. The van der Waals surface area contributed by atoms with E-state index < -0.39 is 23.7 Å². The van der Waals surface area contributed by atoms with Crippen LogP contribution in [0.3, 0.4) is 0 Å². The van der Waals surface area contributed by atoms with Crippen molar-refractivity contribution in [3.63, 3.8) is 0 Å². The smallest absolute Gasteiger partial charge is 0.410 e. The Morgan fingerprint density at radius 2 is 1.94 bits per heavy atom. The van der Waals surface area contributed by atoms with Crippen LogP contribution in [0.2, 0.25) is 10.0 Å². The molecule has 2 N–H and O–H groups in total. The number of carbonyl (C=O) groups excluding carboxylic acids is 2. The number of rotatable bonds is 3. The molecule has 0 saturated carbocycles. The number of β-amino-alcohol motifs (C(OH)–C–C–N with tert-alkyl or cyclic N) is 1. The van der Waals surface area contributed by atoms with Gasteiger partial charge in [0.25, 0.3) is 5.91 Å². The van der Waals surface area contributed by atoms with Gasteiger partial charge in [0, 0.05) is 25.4 Å². The highest BCUT2D eigenvalue weighted by Gasteiger charge is 2.33. The number of piperidine rings is 1. The van der Waals surface area contributed by atoms with Gasteiger partial charge in [0.05, 0.1) is 36.4 Å². The summed E-state index contributed by atoms with van der Waals surface area (Å²) in [5, 5.41) is 13.7. The van der Waals surface area contributed by atoms with Crippen molar-refractivity contribution in [1.82, 2.24) is 10.2 Å². The molecule has 1 aromatic rings. The highest BCUT2D eigenvalue weighted by molar-refractivity contribution is 6.43. The Morgan fingerprint density at radius 1 is 1.26 bits per heavy atom. The number of ether oxygens (including phenoxy) is 3. The van der Waals surface area contributed by atoms with E-state index >= 15 is 0 Å². The Hall–Kier alpha value is -1.90. The molecule has 172 valence electrons. The average Bonchev–Trinajstić information content (AvgIpc) is 2.94. The van der Waals surface area contributed by atoms with Gasteiger partial charge >= 0.3 is 6.09 Å². The summed E-state index contributed by atoms with van der Waals surface area (Å²) in [6.45, 7) is 7.01. The fourth-order valence-electron chi connectivity index (χ4n) is 3.46. The molecule has 31 heavy (non-hydrogen) atoms. The highest BCUT2D eigenvalue weighted by Crippen LogP contribution is 2.44. The molecule has 0 radical (unpaired) electrons. The quantitative estimate of drug-likeness (QED) is 0.695. The number of hydrogen-bond donors (Lipinski definition) is 2. The van der Waals surface area contributed by atoms with Crippen LogP contribution >= 0.6 is 23.2 Å². The molecule has 1 fully saturated rings. The zero-order valence-electron chi connectivity index (χ0n) is 17.9. The van der Waals surface area contributed by atoms with Gasteiger partial charge in [0.1, 0.15) is 10.6 Å². The zero-order chi connectivity index (χ0) is 22.8. The van der Waals surface area contributed by atoms with Crippen LogP contribution in [0.5, 0.6) is 11.5 Å². The van der Waals surface area contributed by atoms with E-state index in [0.29, 0.717) is 32.6 Å². The third-order valence-electron chi connectivity index (χ3n) is 5.05. The first-order chi connectivity index (χ1) is 14.6. The van der Waals surface area contributed by atoms with Crippen molar-refractivity contribution in [3.8, 4) is 11.5 Å². The number of amides is 2. The van der Waals surface area contributed by atoms with Gasteiger partial charge in [-0.2, -0.15) is 0 Å². The molecule has 8 nitrogen and oxygen atoms in total. The molecule has 2 atom stereocenters. The number of fused-ring (bicyclic) bond motifs is 1. The summed E-state index contributed by atoms with van der Waals surface area (Å²) < 4.78 is 16.7. The molecule has 2 aliphatic heterocycles. The van der Waals surface area contributed by atoms with Gasteiger partial charge in [-0.3, -0.25) is 4.79 Å². The fraction of sp³-hybridized carbons (Fsp3) is 0.619. The second-order valence-corrected chi connectivity index (χ2v) is 9.47. The Bertz CT molecular complexity index is 842. The number of hydrogen-bond acceptors (Lipinski definition) is 6. The van der Waals surface area contributed by atoms with Crippen molar-refractivity contribution in [3.05, 3.63) is 21.7 Å². The molecular formula is C21H28Cl2N2O6. The second-order valence-electron chi connectivity index (χ2n) is 8.68. The van der Waals surface area contributed by atoms with Crippen LogP contribution in [0.1, 0.15) is 44.0 Å². The topological polar surface area (TPSA) is 97.3 Å². The van der Waals surface area contributed by atoms with Gasteiger partial charge in [-0.05, 0) is 33.3 Å². The molecule has 2 heterocycles. The van der Waals surface area contributed by atoms with E-state index in [2.05, 4.69) is 5.32 Å². The van der Waals surface area contributed by atoms with Crippen LogP contribution in [-0.2, 0) is 4.74 Å². The minimum Gasteiger partial charge on any atom is -0.489 e. The highest BCUT2D eigenvalue weighted by atomic mass is 35.5. The Balaban J connectivity index is 1.62. The third-order valence-corrected chi connectivity index (χ3v) is 5.83. The van der Waals surface area contributed by atoms with Crippen molar-refractivity contribution in [2.45, 2.75) is 45.3 Å². The van der Waals surface area contributed by atoms with Gasteiger partial charge in [-0.15, -0.1) is 0 Å². The van der Waals surface area contributed by atoms with Crippen molar-refractivity contribution in [2.75, 3.05) is 32.8 Å². The maximum absolute atomic E-state index is 12.9. The van der Waals surface area contributed by atoms with Crippen molar-refractivity contribution in [2.24, 2.45) is 5.92 Å². The van der Waals surface area contributed by atoms with Crippen LogP contribution in [0, 0.1) is 5.92 Å². The summed E-state index contributed by atoms with van der Waals surface area (Å²) in [5.74, 6) is -0.0736. The minimum atomic E-state index is -0.785. The van der Waals surface area contributed by atoms with Gasteiger partial charge in [0.2, 0.25) is 0 Å². The van der Waals surface area contributed by atoms with Crippen molar-refractivity contribution in [1.29, 1.82) is 0 Å². The minimum absolute atomic E-state index is 0.147. The van der Waals surface area contributed by atoms with Crippen LogP contribution in [0.15, 0.2) is 6.07 Å². The van der Waals surface area contributed by atoms with E-state index in [1.807, 2.05) is 0 Å². The van der Waals surface area contributed by atoms with E-state index in [0.717, 1.165) is 0 Å². The Labute approximate surface area is 191 Å². The number of halogens is 2. The average molecular weight is 475 g/mol. The van der Waals surface area contributed by atoms with Gasteiger partial charge < -0.3 is 29.5 Å². The standard InChI is InChI=1S/C21H28Cl2N2O6/c1-21(2,3)31-20(28)25-6-5-12(15(26)11-25)10-24-19(27)13-9-14(22)16(23)18-17(13)29-7-4-8-30-18/h9,12,15,26H,4-8,10-11H2,1-3H3,(H,24,27)/t12-,15?/m0/s1. The predicted octanol–water partition coefficient (Wildman–Crippen LogP) is 3.50. The molecule has 1 saturated heterocycles. The summed E-state index contributed by atoms with van der Waals surface area (Å²) in [5.41, 5.74) is -0.372. The van der Waals surface area contributed by atoms with Crippen LogP contribution in [0.25, 0.3) is 0 Å². The largest absolute Gasteiger partial charge is 0.489 e. The molecule has 1 aromatic carbocycles. The maximum atomic E-state index is 12.9. The molecule has 1 unspecified atom stereocenters. The molecule has 2 amide bonds. The summed E-state index contributed by atoms with van der Waals surface area (Å²) in [6, 6.07) is 1.45. The van der Waals surface area contributed by atoms with E-state index in [1.54, 1.807) is 20.8 Å². The zero-order valence-corrected chi connectivity index (χ0v) is 19.4. The summed E-state index contributed by atoms with van der Waals surface area (Å²) in [7, 11) is 0. The predicted molar refractivity (Wildman–Crippen MR) is 116 cm³/mol. The fourth-order valence-corrected chi connectivity index (χ4v) is 3.85. The first-order valence-electron chi connectivity index (χ1n) is 10.3. The van der Waals surface area contributed by atoms with Gasteiger partial charge in [-0.25, -0.2) is 4.79 Å². The first-order valence-corrected chi connectivity index (χ1v) is 11.0. The van der Waals surface area contributed by atoms with E-state index in [1.165, 1.54) is 11.0 Å². The maximum Gasteiger partial charge on any atom is 0.410 e. The molecule has 2 aliphatic rings.